The summed E-state index contributed by atoms with van der Waals surface area (Å²) in [6.07, 6.45) is 3.00. The molecule has 2 atom stereocenters. The fourth-order valence-electron chi connectivity index (χ4n) is 2.67. The van der Waals surface area contributed by atoms with Gasteiger partial charge in [0.15, 0.2) is 9.84 Å². The molecule has 0 aromatic heterocycles. The summed E-state index contributed by atoms with van der Waals surface area (Å²) in [6, 6.07) is 0.264. The van der Waals surface area contributed by atoms with Gasteiger partial charge in [-0.2, -0.15) is 0 Å². The average Bonchev–Trinajstić information content (AvgIpc) is 2.64. The van der Waals surface area contributed by atoms with Crippen LogP contribution in [0.4, 0.5) is 0 Å². The summed E-state index contributed by atoms with van der Waals surface area (Å²) in [4.78, 5) is 2.33. The molecule has 2 saturated heterocycles. The molecule has 0 spiro atoms. The van der Waals surface area contributed by atoms with Crippen LogP contribution in [0.2, 0.25) is 0 Å². The van der Waals surface area contributed by atoms with Gasteiger partial charge >= 0.3 is 0 Å². The second kappa shape index (κ2) is 4.39. The predicted octanol–water partition coefficient (Wildman–Crippen LogP) is -0.156. The van der Waals surface area contributed by atoms with E-state index in [1.807, 2.05) is 0 Å². The molecule has 2 heterocycles. The second-order valence-electron chi connectivity index (χ2n) is 4.80. The molecule has 2 fully saturated rings. The molecular formula is C10H20N2O2S. The minimum Gasteiger partial charge on any atom is -0.330 e. The molecule has 2 N–H and O–H groups in total. The van der Waals surface area contributed by atoms with Crippen molar-refractivity contribution in [2.45, 2.75) is 25.3 Å². The molecule has 2 aliphatic rings. The zero-order valence-electron chi connectivity index (χ0n) is 9.06. The zero-order chi connectivity index (χ0) is 10.9. The fourth-order valence-corrected chi connectivity index (χ4v) is 4.41. The van der Waals surface area contributed by atoms with E-state index in [4.69, 9.17) is 5.73 Å². The highest BCUT2D eigenvalue weighted by Gasteiger charge is 2.32. The van der Waals surface area contributed by atoms with Crippen LogP contribution in [0.1, 0.15) is 19.3 Å². The van der Waals surface area contributed by atoms with Crippen molar-refractivity contribution in [1.82, 2.24) is 4.90 Å². The lowest BCUT2D eigenvalue weighted by atomic mass is 10.1. The van der Waals surface area contributed by atoms with Crippen molar-refractivity contribution in [2.75, 3.05) is 31.1 Å². The maximum atomic E-state index is 11.5. The molecule has 0 saturated carbocycles. The van der Waals surface area contributed by atoms with Crippen molar-refractivity contribution in [2.24, 2.45) is 11.7 Å². The summed E-state index contributed by atoms with van der Waals surface area (Å²) in [6.45, 7) is 2.76. The monoisotopic (exact) mass is 232 g/mol. The van der Waals surface area contributed by atoms with Crippen LogP contribution in [0.25, 0.3) is 0 Å². The van der Waals surface area contributed by atoms with Crippen LogP contribution in [-0.4, -0.2) is 50.5 Å². The lowest BCUT2D eigenvalue weighted by Crippen LogP contribution is -2.42. The van der Waals surface area contributed by atoms with E-state index < -0.39 is 9.84 Å². The van der Waals surface area contributed by atoms with Gasteiger partial charge in [0.25, 0.3) is 0 Å². The first kappa shape index (κ1) is 11.4. The molecule has 0 bridgehead atoms. The van der Waals surface area contributed by atoms with Crippen molar-refractivity contribution in [1.29, 1.82) is 0 Å². The van der Waals surface area contributed by atoms with Crippen molar-refractivity contribution >= 4 is 9.84 Å². The number of rotatable bonds is 2. The van der Waals surface area contributed by atoms with E-state index in [1.54, 1.807) is 0 Å². The SMILES string of the molecule is NCC1CCN(C2CCCS(=O)(=O)C2)C1. The third-order valence-electron chi connectivity index (χ3n) is 3.61. The first-order chi connectivity index (χ1) is 7.11. The summed E-state index contributed by atoms with van der Waals surface area (Å²) < 4.78 is 23.0. The normalized spacial score (nSPS) is 36.9. The summed E-state index contributed by atoms with van der Waals surface area (Å²) in [5.41, 5.74) is 5.63. The molecule has 0 radical (unpaired) electrons. The van der Waals surface area contributed by atoms with Crippen LogP contribution in [0.3, 0.4) is 0 Å². The zero-order valence-corrected chi connectivity index (χ0v) is 9.88. The Morgan fingerprint density at radius 1 is 1.33 bits per heavy atom. The predicted molar refractivity (Wildman–Crippen MR) is 60.4 cm³/mol. The van der Waals surface area contributed by atoms with Crippen molar-refractivity contribution in [3.8, 4) is 0 Å². The Balaban J connectivity index is 1.94. The number of nitrogens with zero attached hydrogens (tertiary/aromatic N) is 1. The summed E-state index contributed by atoms with van der Waals surface area (Å²) in [5.74, 6) is 1.33. The third kappa shape index (κ3) is 2.71. The molecular weight excluding hydrogens is 212 g/mol. The molecule has 2 aliphatic heterocycles. The van der Waals surface area contributed by atoms with Crippen LogP contribution < -0.4 is 5.73 Å². The molecule has 5 heteroatoms. The number of hydrogen-bond acceptors (Lipinski definition) is 4. The van der Waals surface area contributed by atoms with E-state index in [-0.39, 0.29) is 6.04 Å². The van der Waals surface area contributed by atoms with E-state index in [0.29, 0.717) is 17.4 Å². The Morgan fingerprint density at radius 2 is 2.13 bits per heavy atom. The maximum Gasteiger partial charge on any atom is 0.151 e. The van der Waals surface area contributed by atoms with E-state index >= 15 is 0 Å². The van der Waals surface area contributed by atoms with E-state index in [0.717, 1.165) is 38.9 Å². The number of hydrogen-bond donors (Lipinski definition) is 1. The summed E-state index contributed by atoms with van der Waals surface area (Å²) in [7, 11) is -2.77. The van der Waals surface area contributed by atoms with Gasteiger partial charge in [0.1, 0.15) is 0 Å². The van der Waals surface area contributed by atoms with Gasteiger partial charge in [-0.05, 0) is 38.3 Å². The fraction of sp³-hybridized carbons (Fsp3) is 1.00. The van der Waals surface area contributed by atoms with Gasteiger partial charge in [-0.1, -0.05) is 0 Å². The van der Waals surface area contributed by atoms with Crippen LogP contribution in [0.15, 0.2) is 0 Å². The molecule has 0 aliphatic carbocycles. The molecule has 15 heavy (non-hydrogen) atoms. The lowest BCUT2D eigenvalue weighted by Gasteiger charge is -2.30. The van der Waals surface area contributed by atoms with Crippen molar-refractivity contribution in [3.63, 3.8) is 0 Å². The minimum absolute atomic E-state index is 0.264. The number of likely N-dealkylation sites (tertiary alicyclic amines) is 1. The Kier molecular flexibility index (Phi) is 3.33. The lowest BCUT2D eigenvalue weighted by molar-refractivity contribution is 0.235. The van der Waals surface area contributed by atoms with Crippen molar-refractivity contribution in [3.05, 3.63) is 0 Å². The molecule has 0 aromatic rings. The van der Waals surface area contributed by atoms with Gasteiger partial charge in [0, 0.05) is 12.6 Å². The maximum absolute atomic E-state index is 11.5. The number of nitrogens with two attached hydrogens (primary N) is 1. The largest absolute Gasteiger partial charge is 0.330 e. The van der Waals surface area contributed by atoms with Gasteiger partial charge in [0.2, 0.25) is 0 Å². The smallest absolute Gasteiger partial charge is 0.151 e. The first-order valence-corrected chi connectivity index (χ1v) is 7.57. The Bertz CT molecular complexity index is 315. The Labute approximate surface area is 91.7 Å². The molecule has 0 amide bonds. The number of sulfone groups is 1. The minimum atomic E-state index is -2.77. The van der Waals surface area contributed by atoms with E-state index in [9.17, 15) is 8.42 Å². The first-order valence-electron chi connectivity index (χ1n) is 5.75. The van der Waals surface area contributed by atoms with Gasteiger partial charge in [0.05, 0.1) is 11.5 Å². The Morgan fingerprint density at radius 3 is 2.73 bits per heavy atom. The third-order valence-corrected chi connectivity index (χ3v) is 5.41. The van der Waals surface area contributed by atoms with Crippen molar-refractivity contribution < 1.29 is 8.42 Å². The highest BCUT2D eigenvalue weighted by molar-refractivity contribution is 7.91. The highest BCUT2D eigenvalue weighted by atomic mass is 32.2. The average molecular weight is 232 g/mol. The van der Waals surface area contributed by atoms with Crippen LogP contribution >= 0.6 is 0 Å². The van der Waals surface area contributed by atoms with Crippen LogP contribution in [-0.2, 0) is 9.84 Å². The van der Waals surface area contributed by atoms with E-state index in [1.165, 1.54) is 0 Å². The molecule has 2 unspecified atom stereocenters. The Hall–Kier alpha value is -0.130. The second-order valence-corrected chi connectivity index (χ2v) is 7.02. The summed E-state index contributed by atoms with van der Waals surface area (Å²) in [5, 5.41) is 0. The van der Waals surface area contributed by atoms with Gasteiger partial charge < -0.3 is 5.73 Å². The quantitative estimate of drug-likeness (QED) is 0.719. The van der Waals surface area contributed by atoms with Gasteiger partial charge in [-0.15, -0.1) is 0 Å². The van der Waals surface area contributed by atoms with E-state index in [2.05, 4.69) is 4.90 Å². The molecule has 4 nitrogen and oxygen atoms in total. The highest BCUT2D eigenvalue weighted by Crippen LogP contribution is 2.24. The molecule has 88 valence electrons. The topological polar surface area (TPSA) is 63.4 Å². The summed E-state index contributed by atoms with van der Waals surface area (Å²) >= 11 is 0. The van der Waals surface area contributed by atoms with Crippen LogP contribution in [0, 0.1) is 5.92 Å². The van der Waals surface area contributed by atoms with Gasteiger partial charge in [-0.3, -0.25) is 4.90 Å². The van der Waals surface area contributed by atoms with Gasteiger partial charge in [-0.25, -0.2) is 8.42 Å². The molecule has 2 rings (SSSR count). The van der Waals surface area contributed by atoms with Crippen LogP contribution in [0.5, 0.6) is 0 Å². The standard InChI is InChI=1S/C10H20N2O2S/c11-6-9-3-4-12(7-9)10-2-1-5-15(13,14)8-10/h9-10H,1-8,11H2. The molecule has 0 aromatic carbocycles.